The number of methoxy groups -OCH3 is 2. The number of hydrogen-bond donors (Lipinski definition) is 1. The summed E-state index contributed by atoms with van der Waals surface area (Å²) in [5.41, 5.74) is 0.996. The van der Waals surface area contributed by atoms with E-state index in [1.54, 1.807) is 13.0 Å². The van der Waals surface area contributed by atoms with Crippen LogP contribution < -0.4 is 4.74 Å². The first-order valence-corrected chi connectivity index (χ1v) is 4.06. The third-order valence-electron chi connectivity index (χ3n) is 1.88. The fraction of sp³-hybridized carbons (Fsp3) is 0.300. The third-order valence-corrected chi connectivity index (χ3v) is 1.88. The highest BCUT2D eigenvalue weighted by atomic mass is 16.5. The van der Waals surface area contributed by atoms with Gasteiger partial charge in [-0.05, 0) is 24.6 Å². The molecule has 0 aliphatic carbocycles. The van der Waals surface area contributed by atoms with Gasteiger partial charge in [-0.15, -0.1) is 0 Å². The SMILES string of the molecule is COC(=O)c1cc(C)c(OC)c(O)c1. The molecule has 1 aromatic rings. The number of carbonyl (C=O) groups is 1. The van der Waals surface area contributed by atoms with Gasteiger partial charge in [0.2, 0.25) is 0 Å². The Labute approximate surface area is 82.1 Å². The smallest absolute Gasteiger partial charge is 0.337 e. The first-order chi connectivity index (χ1) is 6.60. The van der Waals surface area contributed by atoms with Gasteiger partial charge >= 0.3 is 5.97 Å². The largest absolute Gasteiger partial charge is 0.504 e. The fourth-order valence-electron chi connectivity index (χ4n) is 1.26. The van der Waals surface area contributed by atoms with E-state index in [1.807, 2.05) is 0 Å². The molecular formula is C10H12O4. The molecule has 4 nitrogen and oxygen atoms in total. The van der Waals surface area contributed by atoms with Gasteiger partial charge < -0.3 is 14.6 Å². The average molecular weight is 196 g/mol. The minimum absolute atomic E-state index is 0.0621. The van der Waals surface area contributed by atoms with Crippen molar-refractivity contribution in [2.24, 2.45) is 0 Å². The molecule has 4 heteroatoms. The van der Waals surface area contributed by atoms with Gasteiger partial charge in [0.05, 0.1) is 19.8 Å². The quantitative estimate of drug-likeness (QED) is 0.728. The summed E-state index contributed by atoms with van der Waals surface area (Å²) in [6, 6.07) is 2.92. The van der Waals surface area contributed by atoms with E-state index in [2.05, 4.69) is 4.74 Å². The molecule has 1 aromatic carbocycles. The molecule has 1 rings (SSSR count). The van der Waals surface area contributed by atoms with Crippen LogP contribution in [0.15, 0.2) is 12.1 Å². The van der Waals surface area contributed by atoms with Gasteiger partial charge in [-0.2, -0.15) is 0 Å². The summed E-state index contributed by atoms with van der Waals surface area (Å²) in [6.07, 6.45) is 0. The molecule has 0 aromatic heterocycles. The molecule has 1 N–H and O–H groups in total. The maximum atomic E-state index is 11.1. The van der Waals surface area contributed by atoms with Crippen LogP contribution in [0, 0.1) is 6.92 Å². The monoisotopic (exact) mass is 196 g/mol. The van der Waals surface area contributed by atoms with Crippen molar-refractivity contribution >= 4 is 5.97 Å². The minimum atomic E-state index is -0.481. The Morgan fingerprint density at radius 1 is 1.36 bits per heavy atom. The predicted octanol–water partition coefficient (Wildman–Crippen LogP) is 1.50. The van der Waals surface area contributed by atoms with Gasteiger partial charge in [-0.25, -0.2) is 4.79 Å². The van der Waals surface area contributed by atoms with Crippen LogP contribution in [0.5, 0.6) is 11.5 Å². The number of esters is 1. The molecule has 0 atom stereocenters. The molecule has 0 saturated heterocycles. The second-order valence-electron chi connectivity index (χ2n) is 2.84. The summed E-state index contributed by atoms with van der Waals surface area (Å²) < 4.78 is 9.47. The fourth-order valence-corrected chi connectivity index (χ4v) is 1.26. The van der Waals surface area contributed by atoms with E-state index < -0.39 is 5.97 Å². The zero-order valence-corrected chi connectivity index (χ0v) is 8.33. The number of phenolic OH excluding ortho intramolecular Hbond substituents is 1. The van der Waals surface area contributed by atoms with E-state index in [4.69, 9.17) is 4.74 Å². The first-order valence-electron chi connectivity index (χ1n) is 4.06. The number of aromatic hydroxyl groups is 1. The second kappa shape index (κ2) is 4.00. The average Bonchev–Trinajstić information content (AvgIpc) is 2.16. The Bertz CT molecular complexity index is 334. The Morgan fingerprint density at radius 3 is 2.43 bits per heavy atom. The lowest BCUT2D eigenvalue weighted by molar-refractivity contribution is 0.0600. The van der Waals surface area contributed by atoms with Crippen LogP contribution in [-0.4, -0.2) is 25.3 Å². The van der Waals surface area contributed by atoms with Crippen molar-refractivity contribution in [3.63, 3.8) is 0 Å². The second-order valence-corrected chi connectivity index (χ2v) is 2.84. The van der Waals surface area contributed by atoms with E-state index in [-0.39, 0.29) is 5.75 Å². The number of ether oxygens (including phenoxy) is 2. The Morgan fingerprint density at radius 2 is 2.00 bits per heavy atom. The summed E-state index contributed by atoms with van der Waals surface area (Å²) in [6.45, 7) is 1.74. The molecule has 0 heterocycles. The molecule has 0 bridgehead atoms. The molecule has 0 aliphatic rings. The number of benzene rings is 1. The Balaban J connectivity index is 3.20. The lowest BCUT2D eigenvalue weighted by Crippen LogP contribution is -2.02. The molecule has 0 radical (unpaired) electrons. The van der Waals surface area contributed by atoms with Crippen LogP contribution in [0.1, 0.15) is 15.9 Å². The summed E-state index contributed by atoms with van der Waals surface area (Å²) >= 11 is 0. The van der Waals surface area contributed by atoms with Gasteiger partial charge in [0.1, 0.15) is 0 Å². The van der Waals surface area contributed by atoms with E-state index >= 15 is 0 Å². The van der Waals surface area contributed by atoms with Crippen molar-refractivity contribution < 1.29 is 19.4 Å². The zero-order chi connectivity index (χ0) is 10.7. The molecule has 0 unspecified atom stereocenters. The molecule has 0 aliphatic heterocycles. The highest BCUT2D eigenvalue weighted by molar-refractivity contribution is 5.90. The first kappa shape index (κ1) is 10.4. The third kappa shape index (κ3) is 1.79. The molecule has 76 valence electrons. The van der Waals surface area contributed by atoms with E-state index in [1.165, 1.54) is 20.3 Å². The normalized spacial score (nSPS) is 9.64. The lowest BCUT2D eigenvalue weighted by atomic mass is 10.1. The Kier molecular flexibility index (Phi) is 2.96. The summed E-state index contributed by atoms with van der Waals surface area (Å²) in [5.74, 6) is -0.170. The summed E-state index contributed by atoms with van der Waals surface area (Å²) in [4.78, 5) is 11.1. The number of hydrogen-bond acceptors (Lipinski definition) is 4. The van der Waals surface area contributed by atoms with Gasteiger partial charge in [-0.3, -0.25) is 0 Å². The van der Waals surface area contributed by atoms with Crippen LogP contribution in [0.2, 0.25) is 0 Å². The summed E-state index contributed by atoms with van der Waals surface area (Å²) in [7, 11) is 2.75. The molecule has 0 amide bonds. The van der Waals surface area contributed by atoms with Crippen molar-refractivity contribution in [3.8, 4) is 11.5 Å². The topological polar surface area (TPSA) is 55.8 Å². The molecule has 14 heavy (non-hydrogen) atoms. The Hall–Kier alpha value is -1.71. The van der Waals surface area contributed by atoms with Crippen LogP contribution in [0.25, 0.3) is 0 Å². The van der Waals surface area contributed by atoms with Crippen molar-refractivity contribution in [2.75, 3.05) is 14.2 Å². The van der Waals surface area contributed by atoms with Crippen LogP contribution in [0.3, 0.4) is 0 Å². The van der Waals surface area contributed by atoms with Crippen molar-refractivity contribution in [1.82, 2.24) is 0 Å². The number of rotatable bonds is 2. The van der Waals surface area contributed by atoms with Crippen LogP contribution in [-0.2, 0) is 4.74 Å². The number of aryl methyl sites for hydroxylation is 1. The molecule has 0 saturated carbocycles. The van der Waals surface area contributed by atoms with E-state index in [9.17, 15) is 9.90 Å². The van der Waals surface area contributed by atoms with Gasteiger partial charge in [-0.1, -0.05) is 0 Å². The molecule has 0 spiro atoms. The molecule has 0 fully saturated rings. The van der Waals surface area contributed by atoms with Gasteiger partial charge in [0.25, 0.3) is 0 Å². The van der Waals surface area contributed by atoms with Crippen LogP contribution in [0.4, 0.5) is 0 Å². The highest BCUT2D eigenvalue weighted by Gasteiger charge is 2.12. The maximum absolute atomic E-state index is 11.1. The lowest BCUT2D eigenvalue weighted by Gasteiger charge is -2.08. The van der Waals surface area contributed by atoms with Crippen molar-refractivity contribution in [2.45, 2.75) is 6.92 Å². The van der Waals surface area contributed by atoms with Crippen molar-refractivity contribution in [1.29, 1.82) is 0 Å². The summed E-state index contributed by atoms with van der Waals surface area (Å²) in [5, 5.41) is 9.48. The van der Waals surface area contributed by atoms with Crippen molar-refractivity contribution in [3.05, 3.63) is 23.3 Å². The van der Waals surface area contributed by atoms with Gasteiger partial charge in [0.15, 0.2) is 11.5 Å². The predicted molar refractivity (Wildman–Crippen MR) is 50.7 cm³/mol. The highest BCUT2D eigenvalue weighted by Crippen LogP contribution is 2.30. The number of carbonyl (C=O) groups excluding carboxylic acids is 1. The van der Waals surface area contributed by atoms with E-state index in [0.29, 0.717) is 16.9 Å². The zero-order valence-electron chi connectivity index (χ0n) is 8.33. The number of phenols is 1. The van der Waals surface area contributed by atoms with E-state index in [0.717, 1.165) is 0 Å². The molecular weight excluding hydrogens is 184 g/mol. The standard InChI is InChI=1S/C10H12O4/c1-6-4-7(10(12)14-3)5-8(11)9(6)13-2/h4-5,11H,1-3H3. The minimum Gasteiger partial charge on any atom is -0.504 e. The van der Waals surface area contributed by atoms with Crippen LogP contribution >= 0.6 is 0 Å². The van der Waals surface area contributed by atoms with Gasteiger partial charge in [0, 0.05) is 0 Å². The maximum Gasteiger partial charge on any atom is 0.337 e.